The van der Waals surface area contributed by atoms with Crippen molar-refractivity contribution in [3.63, 3.8) is 0 Å². The van der Waals surface area contributed by atoms with Crippen molar-refractivity contribution >= 4 is 22.5 Å². The van der Waals surface area contributed by atoms with Gasteiger partial charge in [0.2, 0.25) is 0 Å². The molecule has 9 heteroatoms. The van der Waals surface area contributed by atoms with Crippen molar-refractivity contribution < 1.29 is 13.5 Å². The first kappa shape index (κ1) is 16.7. The molecule has 0 spiro atoms. The van der Waals surface area contributed by atoms with Gasteiger partial charge in [-0.1, -0.05) is 0 Å². The van der Waals surface area contributed by atoms with Crippen LogP contribution in [0, 0.1) is 11.6 Å². The lowest BCUT2D eigenvalue weighted by Crippen LogP contribution is -2.04. The number of methoxy groups -OCH3 is 1. The first-order valence-electron chi connectivity index (χ1n) is 7.88. The summed E-state index contributed by atoms with van der Waals surface area (Å²) in [5.41, 5.74) is 0.693. The number of nitrogens with one attached hydrogen (secondary N) is 2. The second-order valence-corrected chi connectivity index (χ2v) is 5.67. The van der Waals surface area contributed by atoms with Crippen molar-refractivity contribution in [1.82, 2.24) is 19.7 Å². The van der Waals surface area contributed by atoms with Crippen LogP contribution in [0.2, 0.25) is 0 Å². The SMILES string of the molecule is COc1cc(-n2[nH]c(=O)c3cnc(Nc4ccc(F)cn4)cc32)ccc1F. The zero-order chi connectivity index (χ0) is 19.0. The quantitative estimate of drug-likeness (QED) is 0.577. The lowest BCUT2D eigenvalue weighted by Gasteiger charge is -2.09. The van der Waals surface area contributed by atoms with Crippen molar-refractivity contribution in [2.75, 3.05) is 12.4 Å². The lowest BCUT2D eigenvalue weighted by atomic mass is 10.2. The zero-order valence-corrected chi connectivity index (χ0v) is 14.0. The van der Waals surface area contributed by atoms with Gasteiger partial charge in [-0.3, -0.25) is 14.6 Å². The van der Waals surface area contributed by atoms with Gasteiger partial charge >= 0.3 is 0 Å². The first-order valence-corrected chi connectivity index (χ1v) is 7.88. The van der Waals surface area contributed by atoms with E-state index in [0.717, 1.165) is 6.20 Å². The fourth-order valence-corrected chi connectivity index (χ4v) is 2.67. The van der Waals surface area contributed by atoms with E-state index in [1.165, 1.54) is 48.3 Å². The molecule has 27 heavy (non-hydrogen) atoms. The molecule has 0 aliphatic carbocycles. The van der Waals surface area contributed by atoms with E-state index >= 15 is 0 Å². The van der Waals surface area contributed by atoms with E-state index in [4.69, 9.17) is 4.74 Å². The molecule has 0 unspecified atom stereocenters. The number of H-pyrrole nitrogens is 1. The molecule has 0 saturated heterocycles. The third-order valence-corrected chi connectivity index (χ3v) is 3.96. The Bertz CT molecular complexity index is 1180. The molecule has 3 aromatic heterocycles. The van der Waals surface area contributed by atoms with Gasteiger partial charge < -0.3 is 10.1 Å². The number of hydrogen-bond donors (Lipinski definition) is 2. The van der Waals surface area contributed by atoms with E-state index in [0.29, 0.717) is 28.2 Å². The van der Waals surface area contributed by atoms with E-state index in [2.05, 4.69) is 20.4 Å². The molecule has 7 nitrogen and oxygen atoms in total. The van der Waals surface area contributed by atoms with Crippen LogP contribution >= 0.6 is 0 Å². The fraction of sp³-hybridized carbons (Fsp3) is 0.0556. The van der Waals surface area contributed by atoms with Crippen molar-refractivity contribution in [1.29, 1.82) is 0 Å². The van der Waals surface area contributed by atoms with Crippen LogP contribution in [0.3, 0.4) is 0 Å². The normalized spacial score (nSPS) is 10.9. The van der Waals surface area contributed by atoms with Crippen LogP contribution in [0.15, 0.2) is 53.6 Å². The van der Waals surface area contributed by atoms with Crippen LogP contribution in [0.1, 0.15) is 0 Å². The van der Waals surface area contributed by atoms with E-state index in [1.807, 2.05) is 0 Å². The number of hydrogen-bond acceptors (Lipinski definition) is 5. The van der Waals surface area contributed by atoms with Crippen LogP contribution < -0.4 is 15.6 Å². The maximum absolute atomic E-state index is 13.7. The van der Waals surface area contributed by atoms with Gasteiger partial charge in [0.25, 0.3) is 5.56 Å². The minimum absolute atomic E-state index is 0.0538. The number of anilines is 2. The highest BCUT2D eigenvalue weighted by Gasteiger charge is 2.12. The largest absolute Gasteiger partial charge is 0.494 e. The van der Waals surface area contributed by atoms with Crippen LogP contribution in [0.25, 0.3) is 16.6 Å². The summed E-state index contributed by atoms with van der Waals surface area (Å²) in [6.07, 6.45) is 2.50. The molecule has 4 aromatic rings. The molecule has 0 bridgehead atoms. The molecule has 0 aliphatic heterocycles. The maximum Gasteiger partial charge on any atom is 0.273 e. The minimum atomic E-state index is -0.508. The predicted molar refractivity (Wildman–Crippen MR) is 95.7 cm³/mol. The summed E-state index contributed by atoms with van der Waals surface area (Å²) in [4.78, 5) is 20.3. The Kier molecular flexibility index (Phi) is 4.03. The second-order valence-electron chi connectivity index (χ2n) is 5.67. The fourth-order valence-electron chi connectivity index (χ4n) is 2.67. The summed E-state index contributed by atoms with van der Waals surface area (Å²) in [7, 11) is 1.36. The number of nitrogens with zero attached hydrogens (tertiary/aromatic N) is 3. The average Bonchev–Trinajstić information content (AvgIpc) is 3.00. The monoisotopic (exact) mass is 369 g/mol. The molecule has 0 saturated carbocycles. The summed E-state index contributed by atoms with van der Waals surface area (Å²) < 4.78 is 33.2. The van der Waals surface area contributed by atoms with Gasteiger partial charge in [0.15, 0.2) is 11.6 Å². The van der Waals surface area contributed by atoms with Crippen molar-refractivity contribution in [2.45, 2.75) is 0 Å². The molecular weight excluding hydrogens is 356 g/mol. The highest BCUT2D eigenvalue weighted by atomic mass is 19.1. The van der Waals surface area contributed by atoms with E-state index in [9.17, 15) is 13.6 Å². The Hall–Kier alpha value is -3.75. The van der Waals surface area contributed by atoms with Gasteiger partial charge in [-0.25, -0.2) is 18.7 Å². The molecule has 1 aromatic carbocycles. The molecule has 0 amide bonds. The van der Waals surface area contributed by atoms with Crippen molar-refractivity contribution in [2.24, 2.45) is 0 Å². The Morgan fingerprint density at radius 2 is 1.89 bits per heavy atom. The number of ether oxygens (including phenoxy) is 1. The van der Waals surface area contributed by atoms with Gasteiger partial charge in [-0.2, -0.15) is 0 Å². The second kappa shape index (κ2) is 6.52. The molecule has 136 valence electrons. The predicted octanol–water partition coefficient (Wildman–Crippen LogP) is 3.14. The van der Waals surface area contributed by atoms with Crippen LogP contribution in [-0.4, -0.2) is 26.9 Å². The van der Waals surface area contributed by atoms with Crippen molar-refractivity contribution in [3.8, 4) is 11.4 Å². The van der Waals surface area contributed by atoms with Gasteiger partial charge in [0, 0.05) is 18.3 Å². The number of pyridine rings is 2. The van der Waals surface area contributed by atoms with Gasteiger partial charge in [0.1, 0.15) is 17.5 Å². The summed E-state index contributed by atoms with van der Waals surface area (Å²) in [5.74, 6) is -0.0992. The molecule has 4 rings (SSSR count). The van der Waals surface area contributed by atoms with E-state index in [1.54, 1.807) is 6.07 Å². The molecule has 3 heterocycles. The highest BCUT2D eigenvalue weighted by molar-refractivity contribution is 5.82. The molecule has 0 radical (unpaired) electrons. The standard InChI is InChI=1S/C18H13F2N5O2/c1-27-15-6-11(3-4-13(15)20)25-14-7-17(22-9-12(14)18(26)24-25)23-16-5-2-10(19)8-21-16/h2-9H,1H3,(H,24,26)(H,21,22,23). The number of rotatable bonds is 4. The smallest absolute Gasteiger partial charge is 0.273 e. The number of halogens is 2. The molecular formula is C18H13F2N5O2. The number of benzene rings is 1. The summed E-state index contributed by atoms with van der Waals surface area (Å²) in [5, 5.41) is 5.99. The zero-order valence-electron chi connectivity index (χ0n) is 14.0. The third kappa shape index (κ3) is 3.10. The van der Waals surface area contributed by atoms with E-state index in [-0.39, 0.29) is 11.3 Å². The van der Waals surface area contributed by atoms with Gasteiger partial charge in [-0.15, -0.1) is 0 Å². The lowest BCUT2D eigenvalue weighted by molar-refractivity contribution is 0.386. The van der Waals surface area contributed by atoms with E-state index < -0.39 is 11.6 Å². The van der Waals surface area contributed by atoms with Crippen LogP contribution in [0.4, 0.5) is 20.4 Å². The van der Waals surface area contributed by atoms with Gasteiger partial charge in [-0.05, 0) is 24.3 Å². The Morgan fingerprint density at radius 1 is 1.07 bits per heavy atom. The number of aromatic nitrogens is 4. The third-order valence-electron chi connectivity index (χ3n) is 3.96. The Morgan fingerprint density at radius 3 is 2.63 bits per heavy atom. The van der Waals surface area contributed by atoms with Crippen LogP contribution in [-0.2, 0) is 0 Å². The summed E-state index contributed by atoms with van der Waals surface area (Å²) in [6, 6.07) is 8.61. The molecule has 0 aliphatic rings. The number of fused-ring (bicyclic) bond motifs is 1. The molecule has 0 fully saturated rings. The minimum Gasteiger partial charge on any atom is -0.494 e. The highest BCUT2D eigenvalue weighted by Crippen LogP contribution is 2.24. The first-order chi connectivity index (χ1) is 13.0. The summed E-state index contributed by atoms with van der Waals surface area (Å²) >= 11 is 0. The summed E-state index contributed by atoms with van der Waals surface area (Å²) in [6.45, 7) is 0. The number of aromatic amines is 1. The van der Waals surface area contributed by atoms with Gasteiger partial charge in [0.05, 0.1) is 29.9 Å². The van der Waals surface area contributed by atoms with Crippen molar-refractivity contribution in [3.05, 3.63) is 70.8 Å². The molecule has 2 N–H and O–H groups in total. The van der Waals surface area contributed by atoms with Crippen LogP contribution in [0.5, 0.6) is 5.75 Å². The Labute approximate surface area is 151 Å². The molecule has 0 atom stereocenters. The average molecular weight is 369 g/mol. The maximum atomic E-state index is 13.7. The topological polar surface area (TPSA) is 84.8 Å². The Balaban J connectivity index is 1.80.